The summed E-state index contributed by atoms with van der Waals surface area (Å²) in [6.07, 6.45) is 18.7. The van der Waals surface area contributed by atoms with Gasteiger partial charge in [0.15, 0.2) is 17.7 Å². The van der Waals surface area contributed by atoms with Crippen LogP contribution >= 0.6 is 0 Å². The number of terminal acetylenes is 1. The van der Waals surface area contributed by atoms with Crippen LogP contribution in [0.3, 0.4) is 0 Å². The van der Waals surface area contributed by atoms with Crippen molar-refractivity contribution in [2.45, 2.75) is 98.1 Å². The fourth-order valence-electron chi connectivity index (χ4n) is 5.09. The van der Waals surface area contributed by atoms with Gasteiger partial charge in [0.2, 0.25) is 0 Å². The maximum absolute atomic E-state index is 13.1. The van der Waals surface area contributed by atoms with Crippen LogP contribution < -0.4 is 16.7 Å². The molecule has 3 rings (SSSR count). The summed E-state index contributed by atoms with van der Waals surface area (Å²) in [6.45, 7) is 11.2. The highest BCUT2D eigenvalue weighted by Crippen LogP contribution is 2.38. The van der Waals surface area contributed by atoms with Crippen molar-refractivity contribution in [2.24, 2.45) is 5.73 Å². The number of nitrogens with two attached hydrogens (primary N) is 1. The minimum Gasteiger partial charge on any atom is -0.505 e. The Bertz CT molecular complexity index is 1500. The number of aliphatic hydroxyl groups excluding tert-OH is 1. The van der Waals surface area contributed by atoms with Gasteiger partial charge in [0, 0.05) is 37.5 Å². The second kappa shape index (κ2) is 19.9. The molecule has 48 heavy (non-hydrogen) atoms. The van der Waals surface area contributed by atoms with Crippen molar-refractivity contribution in [1.29, 1.82) is 0 Å². The molecule has 0 aromatic carbocycles. The molecule has 2 aliphatic rings. The van der Waals surface area contributed by atoms with Crippen molar-refractivity contribution < 1.29 is 43.5 Å². The number of rotatable bonds is 10. The Morgan fingerprint density at radius 3 is 2.44 bits per heavy atom. The van der Waals surface area contributed by atoms with Gasteiger partial charge in [-0.05, 0) is 72.5 Å². The van der Waals surface area contributed by atoms with Gasteiger partial charge in [-0.25, -0.2) is 9.59 Å². The third kappa shape index (κ3) is 12.9. The molecule has 2 amide bonds. The van der Waals surface area contributed by atoms with Crippen LogP contribution in [0.2, 0.25) is 0 Å². The molecule has 12 heteroatoms. The lowest BCUT2D eigenvalue weighted by atomic mass is 9.99. The number of carbonyl (C=O) groups is 2. The van der Waals surface area contributed by atoms with Crippen LogP contribution in [-0.2, 0) is 19.0 Å². The van der Waals surface area contributed by atoms with Crippen LogP contribution in [0.15, 0.2) is 56.0 Å². The second-order valence-corrected chi connectivity index (χ2v) is 11.9. The van der Waals surface area contributed by atoms with Crippen LogP contribution in [0, 0.1) is 12.8 Å². The van der Waals surface area contributed by atoms with Gasteiger partial charge in [-0.1, -0.05) is 29.9 Å². The van der Waals surface area contributed by atoms with Gasteiger partial charge >= 0.3 is 11.7 Å². The molecule has 1 aromatic heterocycles. The largest absolute Gasteiger partial charge is 0.505 e. The van der Waals surface area contributed by atoms with Crippen LogP contribution in [0.5, 0.6) is 5.75 Å². The number of primary amides is 1. The minimum absolute atomic E-state index is 0.0679. The SMILES string of the molecule is C#C.C/C=C(\C=C(/CO)CCC=C(C)C)C(=O)Nc1c(O)c2c(oc1=O)C(C)=C(O[C@H]1CC[C@@H](OC)CC(C)(C)O1)CC=C2.NC(=O)O. The number of anilines is 1. The zero-order valence-electron chi connectivity index (χ0n) is 28.9. The molecule has 1 aliphatic carbocycles. The van der Waals surface area contributed by atoms with E-state index in [4.69, 9.17) is 28.5 Å². The van der Waals surface area contributed by atoms with Gasteiger partial charge in [-0.15, -0.1) is 12.8 Å². The summed E-state index contributed by atoms with van der Waals surface area (Å²) in [5.41, 5.74) is 5.22. The number of carboxylic acid groups (broad SMARTS) is 1. The minimum atomic E-state index is -1.33. The first-order valence-electron chi connectivity index (χ1n) is 15.5. The number of aliphatic hydroxyl groups is 1. The summed E-state index contributed by atoms with van der Waals surface area (Å²) >= 11 is 0. The third-order valence-electron chi connectivity index (χ3n) is 7.38. The van der Waals surface area contributed by atoms with Crippen molar-refractivity contribution in [3.63, 3.8) is 0 Å². The molecule has 1 fully saturated rings. The monoisotopic (exact) mass is 670 g/mol. The van der Waals surface area contributed by atoms with Crippen LogP contribution in [0.1, 0.15) is 91.4 Å². The number of methoxy groups -OCH3 is 1. The first-order chi connectivity index (χ1) is 22.6. The van der Waals surface area contributed by atoms with E-state index in [1.165, 1.54) is 5.57 Å². The smallest absolute Gasteiger partial charge is 0.402 e. The van der Waals surface area contributed by atoms with Crippen LogP contribution in [0.4, 0.5) is 10.5 Å². The van der Waals surface area contributed by atoms with Crippen LogP contribution in [-0.4, -0.2) is 59.0 Å². The number of carbonyl (C=O) groups excluding carboxylic acids is 1. The predicted octanol–water partition coefficient (Wildman–Crippen LogP) is 6.25. The highest BCUT2D eigenvalue weighted by atomic mass is 16.7. The summed E-state index contributed by atoms with van der Waals surface area (Å²) < 4.78 is 23.8. The first kappa shape index (κ1) is 41.5. The fraction of sp³-hybridized carbons (Fsp3) is 0.472. The number of hydrogen-bond donors (Lipinski definition) is 5. The topological polar surface area (TPSA) is 191 Å². The molecule has 0 spiro atoms. The molecule has 1 aliphatic heterocycles. The third-order valence-corrected chi connectivity index (χ3v) is 7.38. The molecule has 12 nitrogen and oxygen atoms in total. The Balaban J connectivity index is 0.00000178. The Hall–Kier alpha value is -4.57. The summed E-state index contributed by atoms with van der Waals surface area (Å²) in [4.78, 5) is 34.9. The number of hydrogen-bond acceptors (Lipinski definition) is 9. The molecule has 1 aromatic rings. The van der Waals surface area contributed by atoms with E-state index in [0.717, 1.165) is 19.3 Å². The zero-order chi connectivity index (χ0) is 36.6. The second-order valence-electron chi connectivity index (χ2n) is 11.9. The van der Waals surface area contributed by atoms with Crippen molar-refractivity contribution in [2.75, 3.05) is 19.0 Å². The quantitative estimate of drug-likeness (QED) is 0.0823. The Labute approximate surface area is 282 Å². The standard InChI is InChI=1S/C33H45NO8.C2H2.CH3NO2/c1-8-23(17-22(19-35)12-9-11-20(2)3)31(37)34-28-29(36)25-13-10-14-26(21(4)30(25)41-32(28)38)40-27-16-15-24(39-7)18-33(5,6)42-27;1-2;2-1(3)4/h8,10-11,13,17,24,27,35-36H,9,12,14-16,18-19H2,1-7H3,(H,34,37);1-2H;2H2,(H,3,4)/b22-17-,23-8+;;/t24-,27-;;/m1../s1. The summed E-state index contributed by atoms with van der Waals surface area (Å²) in [5, 5.41) is 30.6. The Kier molecular flexibility index (Phi) is 17.2. The van der Waals surface area contributed by atoms with E-state index in [1.807, 2.05) is 27.7 Å². The number of ether oxygens (including phenoxy) is 3. The maximum Gasteiger partial charge on any atom is 0.402 e. The van der Waals surface area contributed by atoms with Gasteiger partial charge in [0.05, 0.1) is 23.9 Å². The number of nitrogens with one attached hydrogen (secondary N) is 1. The van der Waals surface area contributed by atoms with Crippen molar-refractivity contribution >= 4 is 29.3 Å². The summed E-state index contributed by atoms with van der Waals surface area (Å²) in [5.74, 6) is -0.280. The molecular formula is C36H50N2O10. The normalized spacial score (nSPS) is 18.8. The number of fused-ring (bicyclic) bond motifs is 1. The lowest BCUT2D eigenvalue weighted by molar-refractivity contribution is -0.181. The van der Waals surface area contributed by atoms with E-state index in [0.29, 0.717) is 36.2 Å². The number of aromatic hydroxyl groups is 1. The van der Waals surface area contributed by atoms with Gasteiger partial charge in [0.25, 0.3) is 5.91 Å². The van der Waals surface area contributed by atoms with Gasteiger partial charge in [-0.3, -0.25) is 4.79 Å². The van der Waals surface area contributed by atoms with E-state index in [-0.39, 0.29) is 35.3 Å². The van der Waals surface area contributed by atoms with Crippen molar-refractivity contribution in [3.05, 3.63) is 68.5 Å². The van der Waals surface area contributed by atoms with Gasteiger partial charge < -0.3 is 45.0 Å². The van der Waals surface area contributed by atoms with E-state index >= 15 is 0 Å². The molecular weight excluding hydrogens is 620 g/mol. The van der Waals surface area contributed by atoms with Crippen LogP contribution in [0.25, 0.3) is 11.6 Å². The highest BCUT2D eigenvalue weighted by molar-refractivity contribution is 6.06. The summed E-state index contributed by atoms with van der Waals surface area (Å²) in [7, 11) is 1.70. The van der Waals surface area contributed by atoms with Crippen molar-refractivity contribution in [1.82, 2.24) is 0 Å². The molecule has 6 N–H and O–H groups in total. The number of amides is 2. The number of allylic oxidation sites excluding steroid dienone is 5. The molecule has 0 radical (unpaired) electrons. The van der Waals surface area contributed by atoms with Gasteiger partial charge in [-0.2, -0.15) is 0 Å². The van der Waals surface area contributed by atoms with E-state index < -0.39 is 35.3 Å². The Morgan fingerprint density at radius 2 is 1.88 bits per heavy atom. The summed E-state index contributed by atoms with van der Waals surface area (Å²) in [6, 6.07) is 0. The van der Waals surface area contributed by atoms with Gasteiger partial charge in [0.1, 0.15) is 11.5 Å². The first-order valence-corrected chi connectivity index (χ1v) is 15.5. The average Bonchev–Trinajstić information content (AvgIpc) is 3.27. The maximum atomic E-state index is 13.1. The molecule has 264 valence electrons. The molecule has 0 unspecified atom stereocenters. The van der Waals surface area contributed by atoms with Crippen molar-refractivity contribution in [3.8, 4) is 18.6 Å². The van der Waals surface area contributed by atoms with E-state index in [9.17, 15) is 19.8 Å². The van der Waals surface area contributed by atoms with E-state index in [1.54, 1.807) is 45.3 Å². The predicted molar refractivity (Wildman–Crippen MR) is 186 cm³/mol. The fourth-order valence-corrected chi connectivity index (χ4v) is 5.09. The molecule has 1 saturated heterocycles. The molecule has 0 bridgehead atoms. The van der Waals surface area contributed by atoms with E-state index in [2.05, 4.69) is 30.0 Å². The highest BCUT2D eigenvalue weighted by Gasteiger charge is 2.34. The zero-order valence-corrected chi connectivity index (χ0v) is 28.9. The molecule has 2 heterocycles. The molecule has 2 atom stereocenters. The lowest BCUT2D eigenvalue weighted by Gasteiger charge is -2.29. The Morgan fingerprint density at radius 1 is 1.23 bits per heavy atom. The average molecular weight is 671 g/mol. The molecule has 0 saturated carbocycles. The lowest BCUT2D eigenvalue weighted by Crippen LogP contribution is -2.32.